The average Bonchev–Trinajstić information content (AvgIpc) is 3.03. The van der Waals surface area contributed by atoms with Crippen LogP contribution in [0.3, 0.4) is 0 Å². The highest BCUT2D eigenvalue weighted by Crippen LogP contribution is 2.17. The zero-order chi connectivity index (χ0) is 17.4. The SMILES string of the molecule is Cc1cc(=O)oc2n[nH]c(C)c12.Cc1cc(=O)oc2n[nH]c(C)c12. The maximum Gasteiger partial charge on any atom is 0.337 e. The molecule has 0 saturated heterocycles. The lowest BCUT2D eigenvalue weighted by atomic mass is 10.2. The molecule has 4 aromatic heterocycles. The third-order valence-electron chi connectivity index (χ3n) is 3.68. The van der Waals surface area contributed by atoms with E-state index in [1.165, 1.54) is 12.1 Å². The Morgan fingerprint density at radius 3 is 1.50 bits per heavy atom. The number of rotatable bonds is 0. The zero-order valence-corrected chi connectivity index (χ0v) is 13.7. The van der Waals surface area contributed by atoms with Crippen LogP contribution in [-0.4, -0.2) is 20.4 Å². The van der Waals surface area contributed by atoms with Crippen LogP contribution in [0, 0.1) is 27.7 Å². The number of aromatic amines is 2. The first-order chi connectivity index (χ1) is 11.4. The van der Waals surface area contributed by atoms with E-state index < -0.39 is 0 Å². The van der Waals surface area contributed by atoms with Crippen molar-refractivity contribution >= 4 is 22.2 Å². The van der Waals surface area contributed by atoms with Crippen LogP contribution in [0.1, 0.15) is 22.5 Å². The number of hydrogen-bond donors (Lipinski definition) is 2. The van der Waals surface area contributed by atoms with Crippen molar-refractivity contribution in [2.75, 3.05) is 0 Å². The van der Waals surface area contributed by atoms with E-state index in [1.807, 2.05) is 27.7 Å². The molecule has 0 aromatic carbocycles. The Labute approximate surface area is 135 Å². The molecule has 2 N–H and O–H groups in total. The van der Waals surface area contributed by atoms with Crippen LogP contribution in [0.5, 0.6) is 0 Å². The van der Waals surface area contributed by atoms with Crippen LogP contribution >= 0.6 is 0 Å². The van der Waals surface area contributed by atoms with Gasteiger partial charge in [0.05, 0.1) is 10.8 Å². The number of fused-ring (bicyclic) bond motifs is 2. The summed E-state index contributed by atoms with van der Waals surface area (Å²) in [6.45, 7) is 7.51. The first kappa shape index (κ1) is 15.7. The molecule has 124 valence electrons. The van der Waals surface area contributed by atoms with Gasteiger partial charge in [-0.1, -0.05) is 0 Å². The van der Waals surface area contributed by atoms with Crippen molar-refractivity contribution in [3.05, 3.63) is 55.5 Å². The Bertz CT molecular complexity index is 1050. The normalized spacial score (nSPS) is 10.8. The molecule has 0 bridgehead atoms. The first-order valence-corrected chi connectivity index (χ1v) is 7.27. The third kappa shape index (κ3) is 2.73. The monoisotopic (exact) mass is 328 g/mol. The van der Waals surface area contributed by atoms with Crippen molar-refractivity contribution in [1.29, 1.82) is 0 Å². The molecule has 8 heteroatoms. The fourth-order valence-corrected chi connectivity index (χ4v) is 2.64. The lowest BCUT2D eigenvalue weighted by molar-refractivity contribution is 0.546. The van der Waals surface area contributed by atoms with Crippen molar-refractivity contribution in [3.63, 3.8) is 0 Å². The molecule has 4 heterocycles. The van der Waals surface area contributed by atoms with Gasteiger partial charge in [0.25, 0.3) is 0 Å². The standard InChI is InChI=1S/2C8H8N2O2/c2*1-4-3-6(11)12-8-7(4)5(2)9-10-8/h2*3H,1-2H3,(H,9,10). The van der Waals surface area contributed by atoms with Crippen LogP contribution < -0.4 is 11.3 Å². The molecule has 0 aliphatic rings. The van der Waals surface area contributed by atoms with E-state index >= 15 is 0 Å². The van der Waals surface area contributed by atoms with Gasteiger partial charge in [-0.25, -0.2) is 9.59 Å². The summed E-state index contributed by atoms with van der Waals surface area (Å²) in [4.78, 5) is 21.8. The molecule has 0 saturated carbocycles. The Hall–Kier alpha value is -3.16. The highest BCUT2D eigenvalue weighted by atomic mass is 16.4. The summed E-state index contributed by atoms with van der Waals surface area (Å²) in [6, 6.07) is 2.93. The number of aromatic nitrogens is 4. The van der Waals surface area contributed by atoms with Gasteiger partial charge in [0.15, 0.2) is 0 Å². The summed E-state index contributed by atoms with van der Waals surface area (Å²) in [6.07, 6.45) is 0. The minimum absolute atomic E-state index is 0.355. The second-order valence-electron chi connectivity index (χ2n) is 5.55. The van der Waals surface area contributed by atoms with Gasteiger partial charge >= 0.3 is 11.3 Å². The van der Waals surface area contributed by atoms with E-state index in [0.717, 1.165) is 33.3 Å². The molecule has 0 amide bonds. The van der Waals surface area contributed by atoms with Crippen LogP contribution in [0.25, 0.3) is 22.2 Å². The Balaban J connectivity index is 0.000000141. The number of H-pyrrole nitrogens is 2. The summed E-state index contributed by atoms with van der Waals surface area (Å²) < 4.78 is 9.73. The van der Waals surface area contributed by atoms with Gasteiger partial charge in [-0.15, -0.1) is 10.2 Å². The maximum atomic E-state index is 10.9. The predicted molar refractivity (Wildman–Crippen MR) is 88.2 cm³/mol. The van der Waals surface area contributed by atoms with Gasteiger partial charge in [0, 0.05) is 23.5 Å². The smallest absolute Gasteiger partial charge is 0.337 e. The van der Waals surface area contributed by atoms with Crippen LogP contribution in [0.15, 0.2) is 30.6 Å². The fraction of sp³-hybridized carbons (Fsp3) is 0.250. The van der Waals surface area contributed by atoms with Crippen molar-refractivity contribution in [2.45, 2.75) is 27.7 Å². The Morgan fingerprint density at radius 1 is 0.750 bits per heavy atom. The quantitative estimate of drug-likeness (QED) is 0.511. The largest absolute Gasteiger partial charge is 0.402 e. The van der Waals surface area contributed by atoms with E-state index in [-0.39, 0.29) is 11.3 Å². The molecule has 4 aromatic rings. The van der Waals surface area contributed by atoms with Crippen molar-refractivity contribution in [3.8, 4) is 0 Å². The number of hydrogen-bond acceptors (Lipinski definition) is 6. The molecule has 0 spiro atoms. The fourth-order valence-electron chi connectivity index (χ4n) is 2.64. The number of nitrogens with one attached hydrogen (secondary N) is 2. The van der Waals surface area contributed by atoms with Crippen LogP contribution in [-0.2, 0) is 0 Å². The Kier molecular flexibility index (Phi) is 3.80. The van der Waals surface area contributed by atoms with Gasteiger partial charge in [-0.2, -0.15) is 0 Å². The van der Waals surface area contributed by atoms with E-state index in [4.69, 9.17) is 8.83 Å². The molecule has 0 unspecified atom stereocenters. The maximum absolute atomic E-state index is 10.9. The van der Waals surface area contributed by atoms with Gasteiger partial charge in [0.2, 0.25) is 11.4 Å². The second-order valence-corrected chi connectivity index (χ2v) is 5.55. The molecule has 8 nitrogen and oxygen atoms in total. The second kappa shape index (κ2) is 5.80. The molecule has 4 rings (SSSR count). The molecule has 0 radical (unpaired) electrons. The predicted octanol–water partition coefficient (Wildman–Crippen LogP) is 2.27. The lowest BCUT2D eigenvalue weighted by Gasteiger charge is -1.92. The molecule has 0 aliphatic heterocycles. The average molecular weight is 328 g/mol. The minimum Gasteiger partial charge on any atom is -0.402 e. The van der Waals surface area contributed by atoms with Gasteiger partial charge < -0.3 is 8.83 Å². The summed E-state index contributed by atoms with van der Waals surface area (Å²) in [5.41, 5.74) is 3.70. The van der Waals surface area contributed by atoms with Crippen molar-refractivity contribution < 1.29 is 8.83 Å². The van der Waals surface area contributed by atoms with E-state index in [2.05, 4.69) is 20.4 Å². The first-order valence-electron chi connectivity index (χ1n) is 7.27. The van der Waals surface area contributed by atoms with Crippen molar-refractivity contribution in [1.82, 2.24) is 20.4 Å². The molecule has 0 aliphatic carbocycles. The molecule has 0 fully saturated rings. The molecular formula is C16H16N4O4. The molecule has 0 atom stereocenters. The van der Waals surface area contributed by atoms with Crippen LogP contribution in [0.4, 0.5) is 0 Å². The number of nitrogens with zero attached hydrogens (tertiary/aromatic N) is 2. The van der Waals surface area contributed by atoms with Gasteiger partial charge in [-0.3, -0.25) is 10.2 Å². The molecular weight excluding hydrogens is 312 g/mol. The van der Waals surface area contributed by atoms with Crippen LogP contribution in [0.2, 0.25) is 0 Å². The Morgan fingerprint density at radius 2 is 1.12 bits per heavy atom. The number of aryl methyl sites for hydroxylation is 4. The topological polar surface area (TPSA) is 118 Å². The third-order valence-corrected chi connectivity index (χ3v) is 3.68. The summed E-state index contributed by atoms with van der Waals surface area (Å²) in [7, 11) is 0. The van der Waals surface area contributed by atoms with E-state index in [9.17, 15) is 9.59 Å². The zero-order valence-electron chi connectivity index (χ0n) is 13.7. The highest BCUT2D eigenvalue weighted by molar-refractivity contribution is 5.79. The van der Waals surface area contributed by atoms with Crippen molar-refractivity contribution in [2.24, 2.45) is 0 Å². The lowest BCUT2D eigenvalue weighted by Crippen LogP contribution is -1.96. The van der Waals surface area contributed by atoms with Gasteiger partial charge in [-0.05, 0) is 38.8 Å². The summed E-state index contributed by atoms with van der Waals surface area (Å²) >= 11 is 0. The molecule has 24 heavy (non-hydrogen) atoms. The van der Waals surface area contributed by atoms with E-state index in [0.29, 0.717) is 11.4 Å². The summed E-state index contributed by atoms with van der Waals surface area (Å²) in [5, 5.41) is 15.0. The minimum atomic E-state index is -0.355. The highest BCUT2D eigenvalue weighted by Gasteiger charge is 2.07. The van der Waals surface area contributed by atoms with E-state index in [1.54, 1.807) is 0 Å². The summed E-state index contributed by atoms with van der Waals surface area (Å²) in [5.74, 6) is 0. The van der Waals surface area contributed by atoms with Gasteiger partial charge in [0.1, 0.15) is 0 Å².